The van der Waals surface area contributed by atoms with Crippen molar-refractivity contribution in [1.29, 1.82) is 0 Å². The van der Waals surface area contributed by atoms with Gasteiger partial charge in [-0.2, -0.15) is 0 Å². The summed E-state index contributed by atoms with van der Waals surface area (Å²) in [6, 6.07) is 4.05. The maximum Gasteiger partial charge on any atom is 0.104 e. The molecule has 0 aliphatic carbocycles. The summed E-state index contributed by atoms with van der Waals surface area (Å²) in [5, 5.41) is 0. The molecule has 0 spiro atoms. The summed E-state index contributed by atoms with van der Waals surface area (Å²) in [5.74, 6) is 2.66. The van der Waals surface area contributed by atoms with Crippen LogP contribution in [0.1, 0.15) is 24.9 Å². The lowest BCUT2D eigenvalue weighted by Crippen LogP contribution is -1.91. The maximum atomic E-state index is 5.44. The largest absolute Gasteiger partial charge is 0.466 e. The number of rotatable bonds is 4. The van der Waals surface area contributed by atoms with E-state index in [0.29, 0.717) is 5.92 Å². The van der Waals surface area contributed by atoms with Gasteiger partial charge < -0.3 is 4.42 Å². The van der Waals surface area contributed by atoms with Crippen molar-refractivity contribution in [2.45, 2.75) is 26.7 Å². The molecule has 1 heterocycles. The Morgan fingerprint density at radius 2 is 2.33 bits per heavy atom. The standard InChI is InChI=1S/C11H16O/c1-4-9(2)5-7-11-8-6-10(3)12-11/h4,6,8-9H,1,5,7H2,2-3H3. The molecule has 0 aliphatic rings. The van der Waals surface area contributed by atoms with Gasteiger partial charge in [0.25, 0.3) is 0 Å². The van der Waals surface area contributed by atoms with Crippen LogP contribution in [0.3, 0.4) is 0 Å². The van der Waals surface area contributed by atoms with Crippen molar-refractivity contribution in [2.24, 2.45) is 5.92 Å². The van der Waals surface area contributed by atoms with Crippen molar-refractivity contribution in [2.75, 3.05) is 0 Å². The molecular weight excluding hydrogens is 148 g/mol. The first-order chi connectivity index (χ1) is 5.72. The third kappa shape index (κ3) is 2.57. The van der Waals surface area contributed by atoms with Gasteiger partial charge in [-0.15, -0.1) is 6.58 Å². The highest BCUT2D eigenvalue weighted by atomic mass is 16.3. The molecule has 1 unspecified atom stereocenters. The van der Waals surface area contributed by atoms with E-state index >= 15 is 0 Å². The minimum Gasteiger partial charge on any atom is -0.466 e. The highest BCUT2D eigenvalue weighted by molar-refractivity contribution is 5.05. The van der Waals surface area contributed by atoms with Crippen LogP contribution in [0.15, 0.2) is 29.2 Å². The predicted octanol–water partition coefficient (Wildman–Crippen LogP) is 3.34. The Morgan fingerprint density at radius 1 is 1.58 bits per heavy atom. The number of hydrogen-bond acceptors (Lipinski definition) is 1. The van der Waals surface area contributed by atoms with Crippen LogP contribution in [0.2, 0.25) is 0 Å². The molecule has 1 rings (SSSR count). The van der Waals surface area contributed by atoms with Gasteiger partial charge in [0, 0.05) is 6.42 Å². The minimum atomic E-state index is 0.579. The van der Waals surface area contributed by atoms with Crippen LogP contribution >= 0.6 is 0 Å². The molecule has 1 aromatic heterocycles. The van der Waals surface area contributed by atoms with E-state index in [1.54, 1.807) is 0 Å². The summed E-state index contributed by atoms with van der Waals surface area (Å²) in [6.07, 6.45) is 4.12. The highest BCUT2D eigenvalue weighted by Gasteiger charge is 2.00. The predicted molar refractivity (Wildman–Crippen MR) is 51.1 cm³/mol. The monoisotopic (exact) mass is 164 g/mol. The van der Waals surface area contributed by atoms with Gasteiger partial charge in [0.1, 0.15) is 11.5 Å². The average Bonchev–Trinajstić information content (AvgIpc) is 2.47. The van der Waals surface area contributed by atoms with Crippen LogP contribution in [0.25, 0.3) is 0 Å². The lowest BCUT2D eigenvalue weighted by molar-refractivity contribution is 0.465. The highest BCUT2D eigenvalue weighted by Crippen LogP contribution is 2.12. The Morgan fingerprint density at radius 3 is 2.83 bits per heavy atom. The summed E-state index contributed by atoms with van der Waals surface area (Å²) < 4.78 is 5.44. The van der Waals surface area contributed by atoms with E-state index in [1.165, 1.54) is 0 Å². The molecule has 0 radical (unpaired) electrons. The number of furan rings is 1. The maximum absolute atomic E-state index is 5.44. The second-order valence-corrected chi connectivity index (χ2v) is 3.26. The van der Waals surface area contributed by atoms with Crippen molar-refractivity contribution in [1.82, 2.24) is 0 Å². The second-order valence-electron chi connectivity index (χ2n) is 3.26. The zero-order valence-corrected chi connectivity index (χ0v) is 7.84. The van der Waals surface area contributed by atoms with Gasteiger partial charge in [0.2, 0.25) is 0 Å². The van der Waals surface area contributed by atoms with Gasteiger partial charge in [-0.3, -0.25) is 0 Å². The summed E-state index contributed by atoms with van der Waals surface area (Å²) in [4.78, 5) is 0. The van der Waals surface area contributed by atoms with E-state index in [-0.39, 0.29) is 0 Å². The Kier molecular flexibility index (Phi) is 3.15. The summed E-state index contributed by atoms with van der Waals surface area (Å²) in [7, 11) is 0. The van der Waals surface area contributed by atoms with Gasteiger partial charge in [0.05, 0.1) is 0 Å². The molecule has 0 N–H and O–H groups in total. The molecule has 66 valence electrons. The topological polar surface area (TPSA) is 13.1 Å². The van der Waals surface area contributed by atoms with Crippen molar-refractivity contribution in [3.05, 3.63) is 36.3 Å². The molecule has 12 heavy (non-hydrogen) atoms. The smallest absolute Gasteiger partial charge is 0.104 e. The molecular formula is C11H16O. The lowest BCUT2D eigenvalue weighted by Gasteiger charge is -2.02. The zero-order chi connectivity index (χ0) is 8.97. The number of aryl methyl sites for hydroxylation is 2. The second kappa shape index (κ2) is 4.15. The van der Waals surface area contributed by atoms with Gasteiger partial charge in [0.15, 0.2) is 0 Å². The van der Waals surface area contributed by atoms with E-state index in [0.717, 1.165) is 24.4 Å². The fraction of sp³-hybridized carbons (Fsp3) is 0.455. The molecule has 1 atom stereocenters. The number of allylic oxidation sites excluding steroid dienone is 1. The normalized spacial score (nSPS) is 12.8. The Balaban J connectivity index is 2.37. The van der Waals surface area contributed by atoms with E-state index in [2.05, 4.69) is 13.5 Å². The van der Waals surface area contributed by atoms with Crippen LogP contribution in [0, 0.1) is 12.8 Å². The lowest BCUT2D eigenvalue weighted by atomic mass is 10.1. The van der Waals surface area contributed by atoms with Crippen molar-refractivity contribution >= 4 is 0 Å². The Labute approximate surface area is 74.1 Å². The fourth-order valence-corrected chi connectivity index (χ4v) is 1.11. The molecule has 0 aliphatic heterocycles. The molecule has 1 aromatic rings. The molecule has 0 aromatic carbocycles. The summed E-state index contributed by atoms with van der Waals surface area (Å²) >= 11 is 0. The molecule has 0 saturated carbocycles. The van der Waals surface area contributed by atoms with Gasteiger partial charge >= 0.3 is 0 Å². The Bertz CT molecular complexity index is 247. The first-order valence-electron chi connectivity index (χ1n) is 4.40. The first-order valence-corrected chi connectivity index (χ1v) is 4.40. The quantitative estimate of drug-likeness (QED) is 0.622. The summed E-state index contributed by atoms with van der Waals surface area (Å²) in [5.41, 5.74) is 0. The number of hydrogen-bond donors (Lipinski definition) is 0. The molecule has 0 fully saturated rings. The first kappa shape index (κ1) is 9.11. The van der Waals surface area contributed by atoms with Crippen LogP contribution in [0.5, 0.6) is 0 Å². The van der Waals surface area contributed by atoms with Gasteiger partial charge in [-0.05, 0) is 31.4 Å². The SMILES string of the molecule is C=CC(C)CCc1ccc(C)o1. The minimum absolute atomic E-state index is 0.579. The third-order valence-electron chi connectivity index (χ3n) is 2.04. The van der Waals surface area contributed by atoms with Gasteiger partial charge in [-0.25, -0.2) is 0 Å². The van der Waals surface area contributed by atoms with E-state index in [9.17, 15) is 0 Å². The van der Waals surface area contributed by atoms with Crippen LogP contribution in [0.4, 0.5) is 0 Å². The Hall–Kier alpha value is -0.980. The third-order valence-corrected chi connectivity index (χ3v) is 2.04. The average molecular weight is 164 g/mol. The van der Waals surface area contributed by atoms with Crippen molar-refractivity contribution in [3.63, 3.8) is 0 Å². The molecule has 0 bridgehead atoms. The van der Waals surface area contributed by atoms with Crippen molar-refractivity contribution in [3.8, 4) is 0 Å². The molecule has 0 saturated heterocycles. The fourth-order valence-electron chi connectivity index (χ4n) is 1.11. The van der Waals surface area contributed by atoms with Crippen LogP contribution in [-0.4, -0.2) is 0 Å². The van der Waals surface area contributed by atoms with Gasteiger partial charge in [-0.1, -0.05) is 13.0 Å². The van der Waals surface area contributed by atoms with E-state index < -0.39 is 0 Å². The van der Waals surface area contributed by atoms with E-state index in [1.807, 2.05) is 25.1 Å². The van der Waals surface area contributed by atoms with E-state index in [4.69, 9.17) is 4.42 Å². The zero-order valence-electron chi connectivity index (χ0n) is 7.84. The molecule has 0 amide bonds. The summed E-state index contributed by atoms with van der Waals surface area (Å²) in [6.45, 7) is 7.89. The van der Waals surface area contributed by atoms with Crippen molar-refractivity contribution < 1.29 is 4.42 Å². The van der Waals surface area contributed by atoms with Crippen LogP contribution < -0.4 is 0 Å². The molecule has 1 nitrogen and oxygen atoms in total. The van der Waals surface area contributed by atoms with Crippen LogP contribution in [-0.2, 0) is 6.42 Å². The molecule has 1 heteroatoms.